The Morgan fingerprint density at radius 2 is 1.95 bits per heavy atom. The molecule has 0 aromatic carbocycles. The lowest BCUT2D eigenvalue weighted by atomic mass is 10.0. The first-order valence-corrected chi connectivity index (χ1v) is 6.56. The third-order valence-electron chi connectivity index (χ3n) is 3.01. The fourth-order valence-corrected chi connectivity index (χ4v) is 1.99. The van der Waals surface area contributed by atoms with Crippen molar-refractivity contribution in [2.75, 3.05) is 7.11 Å². The molecule has 0 aliphatic heterocycles. The number of ether oxygens (including phenoxy) is 1. The predicted molar refractivity (Wildman–Crippen MR) is 76.7 cm³/mol. The SMILES string of the molecule is COc1cc(Cc2cccc(C)n2)cc(C(C)C)n1. The number of aryl methyl sites for hydroxylation is 1. The molecule has 0 spiro atoms. The van der Waals surface area contributed by atoms with Crippen molar-refractivity contribution < 1.29 is 4.74 Å². The van der Waals surface area contributed by atoms with Gasteiger partial charge in [-0.3, -0.25) is 4.98 Å². The van der Waals surface area contributed by atoms with E-state index in [0.29, 0.717) is 11.8 Å². The molecule has 0 N–H and O–H groups in total. The quantitative estimate of drug-likeness (QED) is 0.839. The van der Waals surface area contributed by atoms with E-state index in [1.165, 1.54) is 5.56 Å². The van der Waals surface area contributed by atoms with Gasteiger partial charge < -0.3 is 4.74 Å². The molecule has 0 saturated heterocycles. The van der Waals surface area contributed by atoms with Gasteiger partial charge in [-0.2, -0.15) is 0 Å². The van der Waals surface area contributed by atoms with Crippen LogP contribution in [0.5, 0.6) is 5.88 Å². The summed E-state index contributed by atoms with van der Waals surface area (Å²) >= 11 is 0. The lowest BCUT2D eigenvalue weighted by molar-refractivity contribution is 0.395. The summed E-state index contributed by atoms with van der Waals surface area (Å²) in [5.41, 5.74) is 4.36. The van der Waals surface area contributed by atoms with Gasteiger partial charge in [-0.1, -0.05) is 19.9 Å². The molecule has 0 aliphatic carbocycles. The first-order chi connectivity index (χ1) is 9.08. The molecule has 2 rings (SSSR count). The van der Waals surface area contributed by atoms with Gasteiger partial charge in [-0.25, -0.2) is 4.98 Å². The molecule has 2 aromatic heterocycles. The third kappa shape index (κ3) is 3.53. The molecular weight excluding hydrogens is 236 g/mol. The van der Waals surface area contributed by atoms with E-state index in [1.54, 1.807) is 7.11 Å². The van der Waals surface area contributed by atoms with E-state index in [9.17, 15) is 0 Å². The summed E-state index contributed by atoms with van der Waals surface area (Å²) in [6, 6.07) is 10.2. The highest BCUT2D eigenvalue weighted by Crippen LogP contribution is 2.20. The van der Waals surface area contributed by atoms with E-state index in [4.69, 9.17) is 4.74 Å². The van der Waals surface area contributed by atoms with E-state index in [0.717, 1.165) is 23.5 Å². The molecule has 3 nitrogen and oxygen atoms in total. The molecule has 0 atom stereocenters. The fraction of sp³-hybridized carbons (Fsp3) is 0.375. The molecular formula is C16H20N2O. The molecule has 2 heterocycles. The maximum Gasteiger partial charge on any atom is 0.213 e. The second-order valence-corrected chi connectivity index (χ2v) is 5.04. The third-order valence-corrected chi connectivity index (χ3v) is 3.01. The smallest absolute Gasteiger partial charge is 0.213 e. The lowest BCUT2D eigenvalue weighted by Gasteiger charge is -2.10. The number of hydrogen-bond donors (Lipinski definition) is 0. The van der Waals surface area contributed by atoms with E-state index >= 15 is 0 Å². The number of pyridine rings is 2. The van der Waals surface area contributed by atoms with Crippen LogP contribution in [0.15, 0.2) is 30.3 Å². The summed E-state index contributed by atoms with van der Waals surface area (Å²) in [6.07, 6.45) is 0.806. The van der Waals surface area contributed by atoms with Crippen molar-refractivity contribution in [2.24, 2.45) is 0 Å². The highest BCUT2D eigenvalue weighted by molar-refractivity contribution is 5.30. The zero-order valence-corrected chi connectivity index (χ0v) is 12.0. The first-order valence-electron chi connectivity index (χ1n) is 6.56. The minimum Gasteiger partial charge on any atom is -0.481 e. The number of aromatic nitrogens is 2. The van der Waals surface area contributed by atoms with E-state index in [-0.39, 0.29) is 0 Å². The maximum absolute atomic E-state index is 5.28. The van der Waals surface area contributed by atoms with Gasteiger partial charge in [0, 0.05) is 29.6 Å². The Kier molecular flexibility index (Phi) is 4.15. The maximum atomic E-state index is 5.28. The van der Waals surface area contributed by atoms with Crippen LogP contribution in [0.2, 0.25) is 0 Å². The molecule has 0 unspecified atom stereocenters. The van der Waals surface area contributed by atoms with Crippen molar-refractivity contribution in [3.05, 3.63) is 53.0 Å². The van der Waals surface area contributed by atoms with Gasteiger partial charge >= 0.3 is 0 Å². The van der Waals surface area contributed by atoms with E-state index in [2.05, 4.69) is 35.9 Å². The van der Waals surface area contributed by atoms with Crippen LogP contribution in [0.3, 0.4) is 0 Å². The molecule has 0 aliphatic rings. The minimum absolute atomic E-state index is 0.388. The number of rotatable bonds is 4. The van der Waals surface area contributed by atoms with Crippen LogP contribution in [0.25, 0.3) is 0 Å². The summed E-state index contributed by atoms with van der Waals surface area (Å²) < 4.78 is 5.28. The predicted octanol–water partition coefficient (Wildman–Crippen LogP) is 3.51. The van der Waals surface area contributed by atoms with Crippen LogP contribution in [0.1, 0.15) is 42.4 Å². The largest absolute Gasteiger partial charge is 0.481 e. The van der Waals surface area contributed by atoms with Gasteiger partial charge in [0.25, 0.3) is 0 Å². The topological polar surface area (TPSA) is 35.0 Å². The monoisotopic (exact) mass is 256 g/mol. The lowest BCUT2D eigenvalue weighted by Crippen LogP contribution is -2.00. The van der Waals surface area contributed by atoms with Gasteiger partial charge in [0.2, 0.25) is 5.88 Å². The van der Waals surface area contributed by atoms with Crippen LogP contribution < -0.4 is 4.74 Å². The summed E-state index contributed by atoms with van der Waals surface area (Å²) in [7, 11) is 1.65. The second-order valence-electron chi connectivity index (χ2n) is 5.04. The number of hydrogen-bond acceptors (Lipinski definition) is 3. The zero-order chi connectivity index (χ0) is 13.8. The summed E-state index contributed by atoms with van der Waals surface area (Å²) in [6.45, 7) is 6.28. The van der Waals surface area contributed by atoms with Crippen molar-refractivity contribution >= 4 is 0 Å². The highest BCUT2D eigenvalue weighted by Gasteiger charge is 2.07. The molecule has 0 amide bonds. The normalized spacial score (nSPS) is 10.8. The summed E-state index contributed by atoms with van der Waals surface area (Å²) in [5, 5.41) is 0. The Balaban J connectivity index is 2.31. The first kappa shape index (κ1) is 13.5. The number of nitrogens with zero attached hydrogens (tertiary/aromatic N) is 2. The molecule has 0 fully saturated rings. The molecule has 3 heteroatoms. The van der Waals surface area contributed by atoms with Crippen molar-refractivity contribution in [1.29, 1.82) is 0 Å². The molecule has 0 saturated carbocycles. The Hall–Kier alpha value is -1.90. The minimum atomic E-state index is 0.388. The molecule has 100 valence electrons. The van der Waals surface area contributed by atoms with Crippen molar-refractivity contribution in [1.82, 2.24) is 9.97 Å². The Morgan fingerprint density at radius 1 is 1.16 bits per heavy atom. The summed E-state index contributed by atoms with van der Waals surface area (Å²) in [5.74, 6) is 1.06. The molecule has 0 bridgehead atoms. The van der Waals surface area contributed by atoms with Crippen LogP contribution in [0, 0.1) is 6.92 Å². The van der Waals surface area contributed by atoms with E-state index in [1.807, 2.05) is 25.1 Å². The van der Waals surface area contributed by atoms with Crippen molar-refractivity contribution in [3.8, 4) is 5.88 Å². The Bertz CT molecular complexity index is 564. The van der Waals surface area contributed by atoms with Gasteiger partial charge in [-0.15, -0.1) is 0 Å². The average molecular weight is 256 g/mol. The van der Waals surface area contributed by atoms with Crippen molar-refractivity contribution in [3.63, 3.8) is 0 Å². The van der Waals surface area contributed by atoms with Crippen LogP contribution in [-0.4, -0.2) is 17.1 Å². The van der Waals surface area contributed by atoms with Gasteiger partial charge in [0.05, 0.1) is 7.11 Å². The van der Waals surface area contributed by atoms with Crippen LogP contribution >= 0.6 is 0 Å². The second kappa shape index (κ2) is 5.83. The molecule has 19 heavy (non-hydrogen) atoms. The average Bonchev–Trinajstić information content (AvgIpc) is 2.38. The molecule has 0 radical (unpaired) electrons. The highest BCUT2D eigenvalue weighted by atomic mass is 16.5. The van der Waals surface area contributed by atoms with Crippen LogP contribution in [-0.2, 0) is 6.42 Å². The Labute approximate surface area is 114 Å². The zero-order valence-electron chi connectivity index (χ0n) is 12.0. The fourth-order valence-electron chi connectivity index (χ4n) is 1.99. The van der Waals surface area contributed by atoms with Gasteiger partial charge in [-0.05, 0) is 36.6 Å². The van der Waals surface area contributed by atoms with Gasteiger partial charge in [0.1, 0.15) is 0 Å². The Morgan fingerprint density at radius 3 is 2.58 bits per heavy atom. The van der Waals surface area contributed by atoms with E-state index < -0.39 is 0 Å². The molecule has 2 aromatic rings. The summed E-state index contributed by atoms with van der Waals surface area (Å²) in [4.78, 5) is 9.01. The number of methoxy groups -OCH3 is 1. The van der Waals surface area contributed by atoms with Crippen molar-refractivity contribution in [2.45, 2.75) is 33.1 Å². The van der Waals surface area contributed by atoms with Crippen LogP contribution in [0.4, 0.5) is 0 Å². The standard InChI is InChI=1S/C16H20N2O/c1-11(2)15-9-13(10-16(18-15)19-4)8-14-7-5-6-12(3)17-14/h5-7,9-11H,8H2,1-4H3. The van der Waals surface area contributed by atoms with Gasteiger partial charge in [0.15, 0.2) is 0 Å².